The van der Waals surface area contributed by atoms with Crippen molar-refractivity contribution in [2.24, 2.45) is 0 Å². The molecule has 1 unspecified atom stereocenters. The molecular formula is C16H19N3. The van der Waals surface area contributed by atoms with Gasteiger partial charge < -0.3 is 0 Å². The number of rotatable bonds is 2. The molecule has 19 heavy (non-hydrogen) atoms. The second-order valence-electron chi connectivity index (χ2n) is 5.88. The molecule has 1 aromatic carbocycles. The van der Waals surface area contributed by atoms with Gasteiger partial charge in [0, 0.05) is 12.5 Å². The molecule has 0 spiro atoms. The van der Waals surface area contributed by atoms with Gasteiger partial charge in [-0.25, -0.2) is 9.67 Å². The molecule has 1 aliphatic heterocycles. The quantitative estimate of drug-likeness (QED) is 0.821. The Bertz CT molecular complexity index is 593. The molecule has 2 heterocycles. The van der Waals surface area contributed by atoms with Gasteiger partial charge in [0.2, 0.25) is 0 Å². The Balaban J connectivity index is 1.62. The number of aryl methyl sites for hydroxylation is 2. The lowest BCUT2D eigenvalue weighted by Crippen LogP contribution is -2.08. The highest BCUT2D eigenvalue weighted by Crippen LogP contribution is 2.38. The first-order valence-electron chi connectivity index (χ1n) is 7.32. The van der Waals surface area contributed by atoms with Crippen LogP contribution in [-0.2, 0) is 6.54 Å². The van der Waals surface area contributed by atoms with Gasteiger partial charge in [0.15, 0.2) is 0 Å². The van der Waals surface area contributed by atoms with Crippen molar-refractivity contribution in [3.8, 4) is 0 Å². The van der Waals surface area contributed by atoms with E-state index in [1.807, 2.05) is 6.92 Å². The van der Waals surface area contributed by atoms with Crippen LogP contribution in [0.5, 0.6) is 0 Å². The van der Waals surface area contributed by atoms with Crippen LogP contribution in [0.2, 0.25) is 0 Å². The lowest BCUT2D eigenvalue weighted by atomic mass is 9.79. The minimum Gasteiger partial charge on any atom is -0.249 e. The first-order chi connectivity index (χ1) is 9.31. The topological polar surface area (TPSA) is 30.7 Å². The van der Waals surface area contributed by atoms with Gasteiger partial charge in [0.05, 0.1) is 0 Å². The van der Waals surface area contributed by atoms with Crippen LogP contribution in [0.4, 0.5) is 0 Å². The average molecular weight is 253 g/mol. The van der Waals surface area contributed by atoms with Crippen LogP contribution in [0.15, 0.2) is 24.3 Å². The van der Waals surface area contributed by atoms with Crippen molar-refractivity contribution in [3.05, 3.63) is 47.0 Å². The molecular weight excluding hydrogens is 234 g/mol. The van der Waals surface area contributed by atoms with Crippen LogP contribution in [-0.4, -0.2) is 14.8 Å². The molecule has 0 saturated heterocycles. The fourth-order valence-corrected chi connectivity index (χ4v) is 3.33. The third kappa shape index (κ3) is 1.79. The number of aromatic nitrogens is 3. The number of benzene rings is 1. The fourth-order valence-electron chi connectivity index (χ4n) is 3.33. The smallest absolute Gasteiger partial charge is 0.147 e. The molecule has 0 radical (unpaired) electrons. The van der Waals surface area contributed by atoms with Gasteiger partial charge in [-0.05, 0) is 43.2 Å². The molecule has 0 amide bonds. The van der Waals surface area contributed by atoms with E-state index in [9.17, 15) is 0 Å². The Labute approximate surface area is 113 Å². The summed E-state index contributed by atoms with van der Waals surface area (Å²) >= 11 is 0. The fraction of sp³-hybridized carbons (Fsp3) is 0.500. The Morgan fingerprint density at radius 2 is 1.79 bits per heavy atom. The van der Waals surface area contributed by atoms with Crippen molar-refractivity contribution in [1.82, 2.24) is 14.8 Å². The van der Waals surface area contributed by atoms with E-state index in [4.69, 9.17) is 0 Å². The zero-order chi connectivity index (χ0) is 12.8. The molecule has 1 aliphatic carbocycles. The molecule has 98 valence electrons. The summed E-state index contributed by atoms with van der Waals surface area (Å²) in [5, 5.41) is 4.44. The summed E-state index contributed by atoms with van der Waals surface area (Å²) in [6, 6.07) is 9.26. The molecule has 2 aliphatic rings. The summed E-state index contributed by atoms with van der Waals surface area (Å²) in [5.74, 6) is 3.31. The van der Waals surface area contributed by atoms with Gasteiger partial charge >= 0.3 is 0 Å². The lowest BCUT2D eigenvalue weighted by molar-refractivity contribution is 0.419. The highest BCUT2D eigenvalue weighted by molar-refractivity contribution is 5.32. The van der Waals surface area contributed by atoms with Crippen LogP contribution >= 0.6 is 0 Å². The SMILES string of the molecule is Cc1nc2n(n1)CCC2c1ccc(C2CCC2)cc1. The van der Waals surface area contributed by atoms with Crippen molar-refractivity contribution in [1.29, 1.82) is 0 Å². The molecule has 3 heteroatoms. The molecule has 0 bridgehead atoms. The summed E-state index contributed by atoms with van der Waals surface area (Å²) in [7, 11) is 0. The second kappa shape index (κ2) is 4.19. The Morgan fingerprint density at radius 1 is 1.05 bits per heavy atom. The van der Waals surface area contributed by atoms with Crippen LogP contribution in [0.1, 0.15) is 60.3 Å². The highest BCUT2D eigenvalue weighted by atomic mass is 15.4. The number of hydrogen-bond donors (Lipinski definition) is 0. The van der Waals surface area contributed by atoms with Crippen molar-refractivity contribution < 1.29 is 0 Å². The third-order valence-corrected chi connectivity index (χ3v) is 4.66. The van der Waals surface area contributed by atoms with E-state index >= 15 is 0 Å². The minimum absolute atomic E-state index is 0.441. The molecule has 3 nitrogen and oxygen atoms in total. The van der Waals surface area contributed by atoms with Crippen LogP contribution in [0, 0.1) is 6.92 Å². The summed E-state index contributed by atoms with van der Waals surface area (Å²) in [5.41, 5.74) is 2.92. The summed E-state index contributed by atoms with van der Waals surface area (Å²) in [6.07, 6.45) is 5.28. The van der Waals surface area contributed by atoms with Crippen molar-refractivity contribution in [2.75, 3.05) is 0 Å². The zero-order valence-electron chi connectivity index (χ0n) is 11.3. The predicted octanol–water partition coefficient (Wildman–Crippen LogP) is 3.39. The Hall–Kier alpha value is -1.64. The maximum Gasteiger partial charge on any atom is 0.147 e. The maximum absolute atomic E-state index is 4.59. The molecule has 4 rings (SSSR count). The van der Waals surface area contributed by atoms with Crippen LogP contribution in [0.25, 0.3) is 0 Å². The maximum atomic E-state index is 4.59. The molecule has 1 aromatic heterocycles. The summed E-state index contributed by atoms with van der Waals surface area (Å²) < 4.78 is 2.07. The molecule has 1 atom stereocenters. The van der Waals surface area contributed by atoms with Crippen LogP contribution in [0.3, 0.4) is 0 Å². The van der Waals surface area contributed by atoms with Gasteiger partial charge in [-0.2, -0.15) is 5.10 Å². The van der Waals surface area contributed by atoms with Gasteiger partial charge in [0.1, 0.15) is 11.6 Å². The van der Waals surface area contributed by atoms with Gasteiger partial charge in [-0.1, -0.05) is 30.7 Å². The van der Waals surface area contributed by atoms with Gasteiger partial charge in [-0.3, -0.25) is 0 Å². The molecule has 1 saturated carbocycles. The van der Waals surface area contributed by atoms with Gasteiger partial charge in [0.25, 0.3) is 0 Å². The summed E-state index contributed by atoms with van der Waals surface area (Å²) in [6.45, 7) is 2.98. The minimum atomic E-state index is 0.441. The second-order valence-corrected chi connectivity index (χ2v) is 5.88. The normalized spacial score (nSPS) is 22.3. The van der Waals surface area contributed by atoms with Crippen molar-refractivity contribution in [3.63, 3.8) is 0 Å². The van der Waals surface area contributed by atoms with E-state index in [0.29, 0.717) is 5.92 Å². The number of fused-ring (bicyclic) bond motifs is 1. The first kappa shape index (κ1) is 11.2. The standard InChI is InChI=1S/C16H19N3/c1-11-17-16-15(9-10-19(16)18-11)14-7-5-13(6-8-14)12-3-2-4-12/h5-8,12,15H,2-4,9-10H2,1H3. The van der Waals surface area contributed by atoms with E-state index in [-0.39, 0.29) is 0 Å². The zero-order valence-corrected chi connectivity index (χ0v) is 11.3. The Kier molecular flexibility index (Phi) is 2.47. The third-order valence-electron chi connectivity index (χ3n) is 4.66. The number of nitrogens with zero attached hydrogens (tertiary/aromatic N) is 3. The molecule has 0 N–H and O–H groups in total. The van der Waals surface area contributed by atoms with Gasteiger partial charge in [-0.15, -0.1) is 0 Å². The first-order valence-corrected chi connectivity index (χ1v) is 7.32. The molecule has 2 aromatic rings. The van der Waals surface area contributed by atoms with E-state index < -0.39 is 0 Å². The van der Waals surface area contributed by atoms with Crippen molar-refractivity contribution in [2.45, 2.75) is 51.0 Å². The van der Waals surface area contributed by atoms with E-state index in [2.05, 4.69) is 39.0 Å². The lowest BCUT2D eigenvalue weighted by Gasteiger charge is -2.26. The van der Waals surface area contributed by atoms with E-state index in [0.717, 1.165) is 30.5 Å². The monoisotopic (exact) mass is 253 g/mol. The van der Waals surface area contributed by atoms with E-state index in [1.165, 1.54) is 30.4 Å². The summed E-state index contributed by atoms with van der Waals surface area (Å²) in [4.78, 5) is 4.59. The van der Waals surface area contributed by atoms with Crippen molar-refractivity contribution >= 4 is 0 Å². The molecule has 1 fully saturated rings. The average Bonchev–Trinajstić information content (AvgIpc) is 2.87. The van der Waals surface area contributed by atoms with E-state index in [1.54, 1.807) is 0 Å². The Morgan fingerprint density at radius 3 is 2.47 bits per heavy atom. The largest absolute Gasteiger partial charge is 0.249 e. The highest BCUT2D eigenvalue weighted by Gasteiger charge is 2.27. The number of hydrogen-bond acceptors (Lipinski definition) is 2. The predicted molar refractivity (Wildman–Crippen MR) is 74.3 cm³/mol. The van der Waals surface area contributed by atoms with Crippen LogP contribution < -0.4 is 0 Å².